The van der Waals surface area contributed by atoms with Gasteiger partial charge >= 0.3 is 0 Å². The molecule has 76 valence electrons. The summed E-state index contributed by atoms with van der Waals surface area (Å²) in [5.74, 6) is 0.402. The first kappa shape index (κ1) is 10.9. The van der Waals surface area contributed by atoms with Crippen LogP contribution in [0.4, 0.5) is 0 Å². The number of rotatable bonds is 4. The molecule has 0 bridgehead atoms. The van der Waals surface area contributed by atoms with E-state index in [1.54, 1.807) is 0 Å². The van der Waals surface area contributed by atoms with Crippen molar-refractivity contribution in [2.24, 2.45) is 5.92 Å². The van der Waals surface area contributed by atoms with Crippen LogP contribution in [-0.2, 0) is 9.59 Å². The van der Waals surface area contributed by atoms with E-state index < -0.39 is 0 Å². The molecular weight excluding hydrogens is 176 g/mol. The van der Waals surface area contributed by atoms with E-state index in [1.807, 2.05) is 6.08 Å². The Morgan fingerprint density at radius 3 is 2.64 bits per heavy atom. The molecule has 2 nitrogen and oxygen atoms in total. The molecule has 14 heavy (non-hydrogen) atoms. The maximum absolute atomic E-state index is 10.9. The summed E-state index contributed by atoms with van der Waals surface area (Å²) in [6.45, 7) is 4.20. The van der Waals surface area contributed by atoms with Crippen LogP contribution < -0.4 is 0 Å². The maximum atomic E-state index is 10.9. The van der Waals surface area contributed by atoms with Gasteiger partial charge in [-0.05, 0) is 25.2 Å². The van der Waals surface area contributed by atoms with E-state index in [-0.39, 0.29) is 0 Å². The van der Waals surface area contributed by atoms with E-state index in [4.69, 9.17) is 0 Å². The monoisotopic (exact) mass is 192 g/mol. The second-order valence-corrected chi connectivity index (χ2v) is 3.68. The molecule has 0 aromatic carbocycles. The average Bonchev–Trinajstić information content (AvgIpc) is 2.26. The van der Waals surface area contributed by atoms with E-state index >= 15 is 0 Å². The minimum absolute atomic E-state index is 0.402. The van der Waals surface area contributed by atoms with Crippen LogP contribution in [0.25, 0.3) is 0 Å². The van der Waals surface area contributed by atoms with Gasteiger partial charge in [0.2, 0.25) is 0 Å². The van der Waals surface area contributed by atoms with Crippen molar-refractivity contribution in [2.75, 3.05) is 0 Å². The third-order valence-corrected chi connectivity index (χ3v) is 2.89. The smallest absolute Gasteiger partial charge is 0.150 e. The molecule has 1 aliphatic carbocycles. The molecule has 0 saturated carbocycles. The molecule has 1 rings (SSSR count). The van der Waals surface area contributed by atoms with Crippen LogP contribution in [0.5, 0.6) is 0 Å². The largest absolute Gasteiger partial charge is 0.298 e. The summed E-state index contributed by atoms with van der Waals surface area (Å²) < 4.78 is 0. The zero-order chi connectivity index (χ0) is 10.6. The van der Waals surface area contributed by atoms with E-state index in [0.717, 1.165) is 37.4 Å². The van der Waals surface area contributed by atoms with Gasteiger partial charge in [-0.25, -0.2) is 0 Å². The molecule has 0 aromatic heterocycles. The van der Waals surface area contributed by atoms with Crippen LogP contribution in [0.1, 0.15) is 33.1 Å². The molecule has 0 heterocycles. The lowest BCUT2D eigenvalue weighted by Gasteiger charge is -2.20. The van der Waals surface area contributed by atoms with Gasteiger partial charge in [0, 0.05) is 11.1 Å². The number of carbonyl (C=O) groups excluding carboxylic acids is 2. The SMILES string of the molecule is CCC(C)C1=C(C=O)C(C=O)=CCC1. The van der Waals surface area contributed by atoms with E-state index in [9.17, 15) is 9.59 Å². The fourth-order valence-corrected chi connectivity index (χ4v) is 1.83. The summed E-state index contributed by atoms with van der Waals surface area (Å²) in [4.78, 5) is 21.6. The minimum atomic E-state index is 0.402. The third-order valence-electron chi connectivity index (χ3n) is 2.89. The number of aldehydes is 2. The Labute approximate surface area is 84.7 Å². The second kappa shape index (κ2) is 4.89. The van der Waals surface area contributed by atoms with Crippen LogP contribution in [0.2, 0.25) is 0 Å². The lowest BCUT2D eigenvalue weighted by molar-refractivity contribution is -0.107. The van der Waals surface area contributed by atoms with Crippen molar-refractivity contribution in [2.45, 2.75) is 33.1 Å². The first-order valence-corrected chi connectivity index (χ1v) is 5.08. The van der Waals surface area contributed by atoms with Crippen molar-refractivity contribution in [3.05, 3.63) is 22.8 Å². The van der Waals surface area contributed by atoms with Gasteiger partial charge in [0.1, 0.15) is 6.29 Å². The van der Waals surface area contributed by atoms with Gasteiger partial charge in [-0.1, -0.05) is 25.5 Å². The highest BCUT2D eigenvalue weighted by Gasteiger charge is 2.18. The van der Waals surface area contributed by atoms with Gasteiger partial charge in [-0.3, -0.25) is 9.59 Å². The third kappa shape index (κ3) is 2.00. The standard InChI is InChI=1S/C12H16O2/c1-3-9(2)11-6-4-5-10(7-13)12(11)8-14/h5,7-9H,3-4,6H2,1-2H3. The fraction of sp³-hybridized carbons (Fsp3) is 0.500. The summed E-state index contributed by atoms with van der Waals surface area (Å²) in [7, 11) is 0. The molecule has 0 N–H and O–H groups in total. The first-order chi connectivity index (χ1) is 6.74. The maximum Gasteiger partial charge on any atom is 0.150 e. The Hall–Kier alpha value is -1.18. The zero-order valence-corrected chi connectivity index (χ0v) is 8.75. The number of allylic oxidation sites excluding steroid dienone is 4. The van der Waals surface area contributed by atoms with Gasteiger partial charge in [0.25, 0.3) is 0 Å². The molecular formula is C12H16O2. The molecule has 2 heteroatoms. The predicted molar refractivity (Wildman–Crippen MR) is 55.9 cm³/mol. The molecule has 1 unspecified atom stereocenters. The van der Waals surface area contributed by atoms with E-state index in [2.05, 4.69) is 13.8 Å². The lowest BCUT2D eigenvalue weighted by atomic mass is 9.84. The minimum Gasteiger partial charge on any atom is -0.298 e. The van der Waals surface area contributed by atoms with Crippen molar-refractivity contribution >= 4 is 12.6 Å². The van der Waals surface area contributed by atoms with Crippen LogP contribution >= 0.6 is 0 Å². The Bertz CT molecular complexity index is 297. The zero-order valence-electron chi connectivity index (χ0n) is 8.75. The fourth-order valence-electron chi connectivity index (χ4n) is 1.83. The summed E-state index contributed by atoms with van der Waals surface area (Å²) in [5.41, 5.74) is 2.34. The van der Waals surface area contributed by atoms with Crippen LogP contribution in [0.15, 0.2) is 22.8 Å². The van der Waals surface area contributed by atoms with Gasteiger partial charge < -0.3 is 0 Å². The lowest BCUT2D eigenvalue weighted by Crippen LogP contribution is -2.09. The molecule has 0 spiro atoms. The summed E-state index contributed by atoms with van der Waals surface area (Å²) in [5, 5.41) is 0. The number of hydrogen-bond acceptors (Lipinski definition) is 2. The van der Waals surface area contributed by atoms with Gasteiger partial charge in [-0.15, -0.1) is 0 Å². The highest BCUT2D eigenvalue weighted by atomic mass is 16.1. The topological polar surface area (TPSA) is 34.1 Å². The normalized spacial score (nSPS) is 18.9. The number of hydrogen-bond donors (Lipinski definition) is 0. The van der Waals surface area contributed by atoms with Crippen LogP contribution in [-0.4, -0.2) is 12.6 Å². The molecule has 0 radical (unpaired) electrons. The molecule has 0 amide bonds. The summed E-state index contributed by atoms with van der Waals surface area (Å²) in [6.07, 6.45) is 6.26. The van der Waals surface area contributed by atoms with E-state index in [0.29, 0.717) is 17.1 Å². The molecule has 0 fully saturated rings. The summed E-state index contributed by atoms with van der Waals surface area (Å²) >= 11 is 0. The molecule has 0 aromatic rings. The Kier molecular flexibility index (Phi) is 3.81. The molecule has 0 saturated heterocycles. The van der Waals surface area contributed by atoms with Gasteiger partial charge in [-0.2, -0.15) is 0 Å². The highest BCUT2D eigenvalue weighted by Crippen LogP contribution is 2.29. The van der Waals surface area contributed by atoms with Crippen molar-refractivity contribution in [1.82, 2.24) is 0 Å². The van der Waals surface area contributed by atoms with Gasteiger partial charge in [0.05, 0.1) is 0 Å². The Balaban J connectivity index is 3.08. The van der Waals surface area contributed by atoms with Crippen molar-refractivity contribution < 1.29 is 9.59 Å². The summed E-state index contributed by atoms with van der Waals surface area (Å²) in [6, 6.07) is 0. The molecule has 0 aliphatic heterocycles. The van der Waals surface area contributed by atoms with Crippen LogP contribution in [0.3, 0.4) is 0 Å². The predicted octanol–water partition coefficient (Wildman–Crippen LogP) is 2.45. The van der Waals surface area contributed by atoms with Crippen molar-refractivity contribution in [3.63, 3.8) is 0 Å². The van der Waals surface area contributed by atoms with Crippen molar-refractivity contribution in [3.8, 4) is 0 Å². The highest BCUT2D eigenvalue weighted by molar-refractivity contribution is 5.95. The molecule has 1 atom stereocenters. The van der Waals surface area contributed by atoms with Crippen molar-refractivity contribution in [1.29, 1.82) is 0 Å². The average molecular weight is 192 g/mol. The number of carbonyl (C=O) groups is 2. The Morgan fingerprint density at radius 1 is 1.43 bits per heavy atom. The second-order valence-electron chi connectivity index (χ2n) is 3.68. The van der Waals surface area contributed by atoms with Crippen LogP contribution in [0, 0.1) is 5.92 Å². The quantitative estimate of drug-likeness (QED) is 0.641. The van der Waals surface area contributed by atoms with Gasteiger partial charge in [0.15, 0.2) is 6.29 Å². The first-order valence-electron chi connectivity index (χ1n) is 5.08. The van der Waals surface area contributed by atoms with E-state index in [1.165, 1.54) is 0 Å². The molecule has 1 aliphatic rings. The Morgan fingerprint density at radius 2 is 2.14 bits per heavy atom.